The molecular weight excluding hydrogens is 1330 g/mol. The number of halogens is 2. The second-order valence-corrected chi connectivity index (χ2v) is 22.0. The molecular formula is C72H74F2N8O20. The lowest BCUT2D eigenvalue weighted by molar-refractivity contribution is -0.134. The van der Waals surface area contributed by atoms with E-state index in [-0.39, 0.29) is 35.0 Å². The summed E-state index contributed by atoms with van der Waals surface area (Å²) in [6, 6.07) is 37.7. The van der Waals surface area contributed by atoms with Crippen molar-refractivity contribution in [1.29, 1.82) is 0 Å². The molecule has 0 bridgehead atoms. The van der Waals surface area contributed by atoms with E-state index in [4.69, 9.17) is 49.6 Å². The van der Waals surface area contributed by atoms with Gasteiger partial charge < -0.3 is 59.4 Å². The number of Topliss-reactive ketones (excluding diaryl/α,β-unsaturated/α-hetero) is 2. The fraction of sp³-hybridized carbons (Fsp3) is 0.250. The first-order valence-corrected chi connectivity index (χ1v) is 31.3. The number of ketones is 2. The van der Waals surface area contributed by atoms with Gasteiger partial charge in [0.15, 0.2) is 46.2 Å². The number of benzene rings is 6. The van der Waals surface area contributed by atoms with Crippen molar-refractivity contribution in [2.75, 3.05) is 103 Å². The average molecular weight is 1410 g/mol. The van der Waals surface area contributed by atoms with Gasteiger partial charge >= 0.3 is 35.8 Å². The smallest absolute Gasteiger partial charge is 0.328 e. The van der Waals surface area contributed by atoms with Crippen molar-refractivity contribution in [3.63, 3.8) is 0 Å². The average Bonchev–Trinajstić information content (AvgIpc) is 1.62. The van der Waals surface area contributed by atoms with E-state index in [1.54, 1.807) is 123 Å². The van der Waals surface area contributed by atoms with Crippen LogP contribution in [0.15, 0.2) is 170 Å². The normalized spacial score (nSPS) is 12.9. The molecule has 102 heavy (non-hydrogen) atoms. The van der Waals surface area contributed by atoms with E-state index in [2.05, 4.69) is 29.8 Å². The van der Waals surface area contributed by atoms with Gasteiger partial charge in [0.05, 0.1) is 49.2 Å². The van der Waals surface area contributed by atoms with Crippen LogP contribution in [0.4, 0.5) is 20.4 Å². The summed E-state index contributed by atoms with van der Waals surface area (Å²) in [5, 5.41) is 56.8. The highest BCUT2D eigenvalue weighted by Crippen LogP contribution is 2.34. The van der Waals surface area contributed by atoms with Gasteiger partial charge in [0.1, 0.15) is 11.6 Å². The number of ether oxygens (including phenoxy) is 4. The summed E-state index contributed by atoms with van der Waals surface area (Å²) < 4.78 is 55.1. The van der Waals surface area contributed by atoms with E-state index in [0.29, 0.717) is 155 Å². The minimum atomic E-state index is -1.26. The molecule has 0 saturated carbocycles. The lowest BCUT2D eigenvalue weighted by Crippen LogP contribution is -2.47. The maximum Gasteiger partial charge on any atom is 0.328 e. The van der Waals surface area contributed by atoms with E-state index >= 15 is 0 Å². The number of rotatable bonds is 24. The maximum absolute atomic E-state index is 15.0. The van der Waals surface area contributed by atoms with Crippen molar-refractivity contribution in [2.24, 2.45) is 0 Å². The summed E-state index contributed by atoms with van der Waals surface area (Å²) in [6.45, 7) is 11.6. The number of hydrogen-bond acceptors (Lipinski definition) is 20. The van der Waals surface area contributed by atoms with Crippen molar-refractivity contribution in [3.05, 3.63) is 204 Å². The van der Waals surface area contributed by atoms with Crippen LogP contribution in [-0.2, 0) is 28.8 Å². The number of carboxylic acids is 6. The molecule has 2 fully saturated rings. The van der Waals surface area contributed by atoms with Crippen LogP contribution in [0.2, 0.25) is 0 Å². The number of nitrogens with zero attached hydrogens (tertiary/aromatic N) is 8. The molecule has 2 saturated heterocycles. The third kappa shape index (κ3) is 23.6. The Labute approximate surface area is 582 Å². The number of methoxy groups -OCH3 is 2. The number of fused-ring (bicyclic) bond motifs is 2. The number of anilines is 2. The van der Waals surface area contributed by atoms with Crippen molar-refractivity contribution >= 4 is 92.6 Å². The van der Waals surface area contributed by atoms with Gasteiger partial charge in [0.25, 0.3) is 11.8 Å². The summed E-state index contributed by atoms with van der Waals surface area (Å²) in [6.07, 6.45) is 4.98. The van der Waals surface area contributed by atoms with Gasteiger partial charge in [0, 0.05) is 124 Å². The molecule has 2 aliphatic heterocycles. The lowest BCUT2D eigenvalue weighted by atomic mass is 10.1. The van der Waals surface area contributed by atoms with Gasteiger partial charge in [-0.1, -0.05) is 48.5 Å². The molecule has 0 spiro atoms. The van der Waals surface area contributed by atoms with Gasteiger partial charge in [0.2, 0.25) is 0 Å². The molecule has 8 aromatic rings. The Hall–Kier alpha value is -12.4. The Balaban J connectivity index is 0.000000243. The largest absolute Gasteiger partial charge is 0.493 e. The Morgan fingerprint density at radius 3 is 1.00 bits per heavy atom. The monoisotopic (exact) mass is 1410 g/mol. The van der Waals surface area contributed by atoms with E-state index in [9.17, 15) is 56.7 Å². The molecule has 2 aromatic heterocycles. The molecule has 0 amide bonds. The third-order valence-corrected chi connectivity index (χ3v) is 15.0. The Kier molecular flexibility index (Phi) is 30.2. The fourth-order valence-corrected chi connectivity index (χ4v) is 10.1. The maximum atomic E-state index is 15.0. The molecule has 6 N–H and O–H groups in total. The van der Waals surface area contributed by atoms with Gasteiger partial charge in [-0.15, -0.1) is 10.2 Å². The van der Waals surface area contributed by atoms with Crippen molar-refractivity contribution in [1.82, 2.24) is 29.4 Å². The molecule has 4 heterocycles. The van der Waals surface area contributed by atoms with Crippen LogP contribution >= 0.6 is 0 Å². The zero-order valence-electron chi connectivity index (χ0n) is 55.8. The minimum absolute atomic E-state index is 0.0238. The molecule has 6 aromatic carbocycles. The summed E-state index contributed by atoms with van der Waals surface area (Å²) in [5.74, 6) is -5.64. The Morgan fingerprint density at radius 1 is 0.402 bits per heavy atom. The quantitative estimate of drug-likeness (QED) is 0.0187. The number of hydrogen-bond donors (Lipinski definition) is 6. The SMILES string of the molecule is COc1cc(C(C)=O)ccc1OCCCN1CCN(c2nn(C(=O)c3ccccc3)c3cccc(F)c23)CC1.COc1cc(C(C)=O)ccc1OCCCN1CCN(c2nn(C(=O)c3ccccc3)c3cccc(F)c23)CC1.O=C(O)/C=C/C(=O)O.O=C(O)/C=C/C(=O)O.O=C(O)/C=C/C(=O)O. The number of piperazine rings is 2. The molecule has 2 aliphatic rings. The first-order valence-electron chi connectivity index (χ1n) is 31.3. The lowest BCUT2D eigenvalue weighted by Gasteiger charge is -2.35. The number of aliphatic carboxylic acids is 6. The summed E-state index contributed by atoms with van der Waals surface area (Å²) in [7, 11) is 3.11. The number of carbonyl (C=O) groups excluding carboxylic acids is 4. The highest BCUT2D eigenvalue weighted by molar-refractivity contribution is 6.05. The number of aromatic nitrogens is 4. The first-order chi connectivity index (χ1) is 48.8. The molecule has 0 aliphatic carbocycles. The fourth-order valence-electron chi connectivity index (χ4n) is 10.1. The predicted molar refractivity (Wildman–Crippen MR) is 368 cm³/mol. The van der Waals surface area contributed by atoms with E-state index in [1.165, 1.54) is 35.3 Å². The molecule has 28 nitrogen and oxygen atoms in total. The molecule has 30 heteroatoms. The van der Waals surface area contributed by atoms with E-state index < -0.39 is 35.8 Å². The van der Waals surface area contributed by atoms with Crippen LogP contribution in [0.25, 0.3) is 21.8 Å². The number of carbonyl (C=O) groups is 10. The van der Waals surface area contributed by atoms with Crippen LogP contribution < -0.4 is 28.7 Å². The Morgan fingerprint density at radius 2 is 0.716 bits per heavy atom. The summed E-state index contributed by atoms with van der Waals surface area (Å²) in [5.41, 5.74) is 3.09. The topological polar surface area (TPSA) is 378 Å². The predicted octanol–water partition coefficient (Wildman–Crippen LogP) is 8.47. The van der Waals surface area contributed by atoms with Crippen LogP contribution in [-0.4, -0.2) is 212 Å². The minimum Gasteiger partial charge on any atom is -0.493 e. The van der Waals surface area contributed by atoms with Crippen LogP contribution in [0.5, 0.6) is 23.0 Å². The zero-order valence-corrected chi connectivity index (χ0v) is 55.8. The second-order valence-electron chi connectivity index (χ2n) is 22.0. The van der Waals surface area contributed by atoms with Crippen LogP contribution in [0.3, 0.4) is 0 Å². The number of carboxylic acid groups (broad SMARTS) is 6. The van der Waals surface area contributed by atoms with E-state index in [1.807, 2.05) is 12.1 Å². The Bertz CT molecular complexity index is 4020. The van der Waals surface area contributed by atoms with Gasteiger partial charge in [-0.2, -0.15) is 9.36 Å². The van der Waals surface area contributed by atoms with Crippen molar-refractivity contribution in [2.45, 2.75) is 26.7 Å². The van der Waals surface area contributed by atoms with Gasteiger partial charge in [-0.3, -0.25) is 29.0 Å². The second kappa shape index (κ2) is 39.2. The molecule has 10 rings (SSSR count). The first kappa shape index (κ1) is 78.6. The van der Waals surface area contributed by atoms with Crippen LogP contribution in [0.1, 0.15) is 68.1 Å². The zero-order chi connectivity index (χ0) is 74.4. The van der Waals surface area contributed by atoms with Crippen LogP contribution in [0, 0.1) is 11.6 Å². The highest BCUT2D eigenvalue weighted by atomic mass is 19.1. The molecule has 0 radical (unpaired) electrons. The standard InChI is InChI=1S/2C30H31FN4O4.3C4H4O4/c2*1-21(36)23-12-13-26(27(20-23)38-2)39-19-7-14-33-15-17-34(18-16-33)29-28-24(31)10-6-11-25(28)35(32-29)30(37)22-8-4-3-5-9-22;3*5-3(6)1-2-4(7)8/h2*3-6,8-13,20H,7,14-19H2,1-2H3;3*1-2H,(H,5,6)(H,7,8)/b;;3*2-1+. The summed E-state index contributed by atoms with van der Waals surface area (Å²) in [4.78, 5) is 116. The van der Waals surface area contributed by atoms with Crippen molar-refractivity contribution < 1.29 is 106 Å². The van der Waals surface area contributed by atoms with Gasteiger partial charge in [-0.05, 0) is 112 Å². The highest BCUT2D eigenvalue weighted by Gasteiger charge is 2.28. The summed E-state index contributed by atoms with van der Waals surface area (Å²) >= 11 is 0. The molecule has 536 valence electrons. The van der Waals surface area contributed by atoms with E-state index in [0.717, 1.165) is 52.1 Å². The molecule has 0 unspecified atom stereocenters. The third-order valence-electron chi connectivity index (χ3n) is 15.0. The van der Waals surface area contributed by atoms with Crippen molar-refractivity contribution in [3.8, 4) is 23.0 Å². The molecule has 0 atom stereocenters. The van der Waals surface area contributed by atoms with Gasteiger partial charge in [-0.25, -0.2) is 37.5 Å².